The summed E-state index contributed by atoms with van der Waals surface area (Å²) >= 11 is 5.87. The molecule has 4 nitrogen and oxygen atoms in total. The molecule has 0 spiro atoms. The highest BCUT2D eigenvalue weighted by Crippen LogP contribution is 2.10. The Bertz CT molecular complexity index is 511. The summed E-state index contributed by atoms with van der Waals surface area (Å²) in [7, 11) is 0. The fourth-order valence-corrected chi connectivity index (χ4v) is 1.73. The Morgan fingerprint density at radius 2 is 2.17 bits per heavy atom. The minimum Gasteiger partial charge on any atom is -0.449 e. The van der Waals surface area contributed by atoms with Gasteiger partial charge in [-0.25, -0.2) is 4.79 Å². The van der Waals surface area contributed by atoms with Crippen LogP contribution in [0.5, 0.6) is 0 Å². The third kappa shape index (κ3) is 3.82. The van der Waals surface area contributed by atoms with Crippen LogP contribution < -0.4 is 10.6 Å². The van der Waals surface area contributed by atoms with Crippen molar-refractivity contribution in [2.24, 2.45) is 0 Å². The minimum atomic E-state index is -0.285. The number of halogens is 1. The molecule has 94 valence electrons. The molecule has 0 atom stereocenters. The summed E-state index contributed by atoms with van der Waals surface area (Å²) in [6.45, 7) is 0.535. The van der Waals surface area contributed by atoms with Crippen molar-refractivity contribution in [1.29, 1.82) is 0 Å². The summed E-state index contributed by atoms with van der Waals surface area (Å²) in [6.07, 6.45) is 2.23. The Kier molecular flexibility index (Phi) is 4.25. The van der Waals surface area contributed by atoms with E-state index in [4.69, 9.17) is 16.0 Å². The molecule has 1 heterocycles. The number of hydrogen-bond donors (Lipinski definition) is 2. The second kappa shape index (κ2) is 6.12. The zero-order valence-electron chi connectivity index (χ0n) is 9.65. The Hall–Kier alpha value is -1.94. The smallest absolute Gasteiger partial charge is 0.321 e. The molecule has 2 aromatic rings. The molecule has 2 N–H and O–H groups in total. The average molecular weight is 265 g/mol. The number of rotatable bonds is 4. The quantitative estimate of drug-likeness (QED) is 0.890. The van der Waals surface area contributed by atoms with Crippen LogP contribution in [0.1, 0.15) is 5.56 Å². The topological polar surface area (TPSA) is 54.3 Å². The van der Waals surface area contributed by atoms with E-state index in [0.29, 0.717) is 17.5 Å². The summed E-state index contributed by atoms with van der Waals surface area (Å²) in [5.74, 6) is 0.426. The molecule has 0 aliphatic heterocycles. The normalized spacial score (nSPS) is 10.1. The lowest BCUT2D eigenvalue weighted by molar-refractivity contribution is 0.251. The predicted molar refractivity (Wildman–Crippen MR) is 70.9 cm³/mol. The highest BCUT2D eigenvalue weighted by molar-refractivity contribution is 6.30. The molecular weight excluding hydrogens is 252 g/mol. The molecule has 0 bridgehead atoms. The van der Waals surface area contributed by atoms with E-state index < -0.39 is 0 Å². The SMILES string of the molecule is O=C(NCCc1cccc(Cl)c1)Nc1ccco1. The van der Waals surface area contributed by atoms with Crippen molar-refractivity contribution in [3.05, 3.63) is 53.2 Å². The van der Waals surface area contributed by atoms with E-state index in [9.17, 15) is 4.79 Å². The Morgan fingerprint density at radius 3 is 2.89 bits per heavy atom. The molecule has 18 heavy (non-hydrogen) atoms. The second-order valence-corrected chi connectivity index (χ2v) is 4.17. The molecule has 1 aromatic carbocycles. The molecule has 2 amide bonds. The zero-order valence-corrected chi connectivity index (χ0v) is 10.4. The number of anilines is 1. The summed E-state index contributed by atoms with van der Waals surface area (Å²) in [5.41, 5.74) is 1.08. The van der Waals surface area contributed by atoms with Gasteiger partial charge in [0.25, 0.3) is 0 Å². The molecule has 2 rings (SSSR count). The van der Waals surface area contributed by atoms with Crippen LogP contribution in [-0.2, 0) is 6.42 Å². The molecule has 0 saturated carbocycles. The summed E-state index contributed by atoms with van der Waals surface area (Å²) in [5, 5.41) is 6.01. The molecule has 5 heteroatoms. The number of nitrogens with one attached hydrogen (secondary N) is 2. The van der Waals surface area contributed by atoms with Crippen molar-refractivity contribution in [2.45, 2.75) is 6.42 Å². The van der Waals surface area contributed by atoms with Gasteiger partial charge in [-0.15, -0.1) is 0 Å². The molecule has 0 radical (unpaired) electrons. The fraction of sp³-hybridized carbons (Fsp3) is 0.154. The van der Waals surface area contributed by atoms with E-state index in [-0.39, 0.29) is 6.03 Å². The number of amides is 2. The Morgan fingerprint density at radius 1 is 1.28 bits per heavy atom. The van der Waals surface area contributed by atoms with E-state index in [1.807, 2.05) is 24.3 Å². The van der Waals surface area contributed by atoms with Crippen LogP contribution in [-0.4, -0.2) is 12.6 Å². The van der Waals surface area contributed by atoms with Crippen molar-refractivity contribution < 1.29 is 9.21 Å². The third-order valence-electron chi connectivity index (χ3n) is 2.35. The maximum Gasteiger partial charge on any atom is 0.321 e. The van der Waals surface area contributed by atoms with Crippen LogP contribution in [0.25, 0.3) is 0 Å². The number of urea groups is 1. The fourth-order valence-electron chi connectivity index (χ4n) is 1.52. The van der Waals surface area contributed by atoms with Gasteiger partial charge in [0.2, 0.25) is 5.88 Å². The standard InChI is InChI=1S/C13H13ClN2O2/c14-11-4-1-3-10(9-11)6-7-15-13(17)16-12-5-2-8-18-12/h1-5,8-9H,6-7H2,(H2,15,16,17). The highest BCUT2D eigenvalue weighted by atomic mass is 35.5. The highest BCUT2D eigenvalue weighted by Gasteiger charge is 2.02. The van der Waals surface area contributed by atoms with Crippen molar-refractivity contribution >= 4 is 23.5 Å². The first-order valence-corrected chi connectivity index (χ1v) is 5.94. The van der Waals surface area contributed by atoms with Crippen LogP contribution in [0, 0.1) is 0 Å². The summed E-state index contributed by atoms with van der Waals surface area (Å²) < 4.78 is 5.00. The maximum absolute atomic E-state index is 11.5. The van der Waals surface area contributed by atoms with E-state index in [1.54, 1.807) is 12.1 Å². The first kappa shape index (κ1) is 12.5. The van der Waals surface area contributed by atoms with Gasteiger partial charge in [-0.3, -0.25) is 5.32 Å². The van der Waals surface area contributed by atoms with E-state index in [2.05, 4.69) is 10.6 Å². The maximum atomic E-state index is 11.5. The van der Waals surface area contributed by atoms with E-state index in [0.717, 1.165) is 12.0 Å². The second-order valence-electron chi connectivity index (χ2n) is 3.74. The van der Waals surface area contributed by atoms with E-state index in [1.165, 1.54) is 6.26 Å². The van der Waals surface area contributed by atoms with E-state index >= 15 is 0 Å². The molecule has 0 aliphatic carbocycles. The molecule has 1 aromatic heterocycles. The lowest BCUT2D eigenvalue weighted by Crippen LogP contribution is -2.30. The van der Waals surface area contributed by atoms with Crippen molar-refractivity contribution in [3.8, 4) is 0 Å². The van der Waals surface area contributed by atoms with Gasteiger partial charge < -0.3 is 9.73 Å². The monoisotopic (exact) mass is 264 g/mol. The summed E-state index contributed by atoms with van der Waals surface area (Å²) in [4.78, 5) is 11.5. The van der Waals surface area contributed by atoms with Gasteiger partial charge in [-0.2, -0.15) is 0 Å². The number of furan rings is 1. The van der Waals surface area contributed by atoms with Crippen LogP contribution in [0.4, 0.5) is 10.7 Å². The lowest BCUT2D eigenvalue weighted by atomic mass is 10.1. The Labute approximate surface area is 110 Å². The van der Waals surface area contributed by atoms with Crippen molar-refractivity contribution in [3.63, 3.8) is 0 Å². The average Bonchev–Trinajstić information content (AvgIpc) is 2.82. The lowest BCUT2D eigenvalue weighted by Gasteiger charge is -2.05. The number of carbonyl (C=O) groups excluding carboxylic acids is 1. The molecule has 0 fully saturated rings. The van der Waals surface area contributed by atoms with Gasteiger partial charge in [-0.1, -0.05) is 23.7 Å². The van der Waals surface area contributed by atoms with Gasteiger partial charge in [0.15, 0.2) is 0 Å². The number of hydrogen-bond acceptors (Lipinski definition) is 2. The molecule has 0 unspecified atom stereocenters. The number of carbonyl (C=O) groups is 1. The summed E-state index contributed by atoms with van der Waals surface area (Å²) in [6, 6.07) is 10.7. The van der Waals surface area contributed by atoms with Crippen LogP contribution in [0.15, 0.2) is 47.1 Å². The van der Waals surface area contributed by atoms with Crippen molar-refractivity contribution in [2.75, 3.05) is 11.9 Å². The van der Waals surface area contributed by atoms with Gasteiger partial charge in [0.05, 0.1) is 6.26 Å². The Balaban J connectivity index is 1.73. The zero-order chi connectivity index (χ0) is 12.8. The molecular formula is C13H13ClN2O2. The van der Waals surface area contributed by atoms with Crippen LogP contribution >= 0.6 is 11.6 Å². The number of benzene rings is 1. The first-order chi connectivity index (χ1) is 8.74. The van der Waals surface area contributed by atoms with Crippen LogP contribution in [0.2, 0.25) is 5.02 Å². The van der Waals surface area contributed by atoms with Gasteiger partial charge in [0.1, 0.15) is 0 Å². The van der Waals surface area contributed by atoms with Crippen molar-refractivity contribution in [1.82, 2.24) is 5.32 Å². The minimum absolute atomic E-state index is 0.285. The largest absolute Gasteiger partial charge is 0.449 e. The van der Waals surface area contributed by atoms with Gasteiger partial charge in [-0.05, 0) is 30.2 Å². The first-order valence-electron chi connectivity index (χ1n) is 5.57. The van der Waals surface area contributed by atoms with Crippen LogP contribution in [0.3, 0.4) is 0 Å². The van der Waals surface area contributed by atoms with Gasteiger partial charge in [0, 0.05) is 17.6 Å². The van der Waals surface area contributed by atoms with Gasteiger partial charge >= 0.3 is 6.03 Å². The predicted octanol–water partition coefficient (Wildman–Crippen LogP) is 3.30. The third-order valence-corrected chi connectivity index (χ3v) is 2.58. The molecule has 0 aliphatic rings. The molecule has 0 saturated heterocycles.